The summed E-state index contributed by atoms with van der Waals surface area (Å²) in [5, 5.41) is 6.31. The quantitative estimate of drug-likeness (QED) is 0.345. The average molecular weight is 519 g/mol. The molecule has 6 heteroatoms. The number of nitrogens with zero attached hydrogens (tertiary/aromatic N) is 1. The number of carbonyl (C=O) groups excluding carboxylic acids is 3. The van der Waals surface area contributed by atoms with Crippen LogP contribution in [0.25, 0.3) is 0 Å². The first kappa shape index (κ1) is 29.4. The highest BCUT2D eigenvalue weighted by Crippen LogP contribution is 2.21. The Morgan fingerprint density at radius 3 is 2.21 bits per heavy atom. The van der Waals surface area contributed by atoms with Crippen molar-refractivity contribution in [1.82, 2.24) is 15.5 Å². The molecular formula is C32H44N3O3. The summed E-state index contributed by atoms with van der Waals surface area (Å²) in [4.78, 5) is 41.3. The van der Waals surface area contributed by atoms with Crippen LogP contribution in [-0.2, 0) is 11.2 Å². The first-order valence-corrected chi connectivity index (χ1v) is 14.3. The maximum Gasteiger partial charge on any atom is 0.253 e. The molecule has 3 rings (SSSR count). The van der Waals surface area contributed by atoms with Crippen molar-refractivity contribution in [3.63, 3.8) is 0 Å². The Morgan fingerprint density at radius 1 is 0.895 bits per heavy atom. The molecule has 0 aliphatic heterocycles. The standard InChI is InChI=1S/C32H44N3O3/c1-4-19-35(20-5-2)32(38)27-16-12-15-26(23-27)31(37)34-29(22-25-13-8-6-9-14-25)21-24(3)30(36)33-28-17-10-7-11-18-28/h6,8-9,12-16,23-24,28H,4-5,7,10-11,17-22H2,1-3H3,(H,33,36)(H,34,37)/t24-/m1/s1. The summed E-state index contributed by atoms with van der Waals surface area (Å²) in [6.07, 6.45) is 8.43. The van der Waals surface area contributed by atoms with Gasteiger partial charge in [-0.2, -0.15) is 0 Å². The second-order valence-electron chi connectivity index (χ2n) is 10.5. The topological polar surface area (TPSA) is 78.5 Å². The highest BCUT2D eigenvalue weighted by atomic mass is 16.2. The van der Waals surface area contributed by atoms with Crippen molar-refractivity contribution in [3.05, 3.63) is 77.3 Å². The maximum absolute atomic E-state index is 13.4. The van der Waals surface area contributed by atoms with Crippen molar-refractivity contribution in [2.75, 3.05) is 13.1 Å². The molecule has 1 aliphatic carbocycles. The lowest BCUT2D eigenvalue weighted by molar-refractivity contribution is -0.125. The van der Waals surface area contributed by atoms with Crippen LogP contribution in [0.5, 0.6) is 0 Å². The van der Waals surface area contributed by atoms with Crippen molar-refractivity contribution >= 4 is 17.7 Å². The highest BCUT2D eigenvalue weighted by Gasteiger charge is 2.25. The van der Waals surface area contributed by atoms with Crippen molar-refractivity contribution in [2.24, 2.45) is 5.92 Å². The van der Waals surface area contributed by atoms with E-state index in [0.717, 1.165) is 50.1 Å². The van der Waals surface area contributed by atoms with Crippen LogP contribution < -0.4 is 10.6 Å². The SMILES string of the molecule is CCCN(CCC)C(=O)c1cccc(C(=O)N[C](Cc2ccccc2)C[C@@H](C)C(=O)NC2CCCCC2)c1. The molecule has 1 radical (unpaired) electrons. The molecule has 0 unspecified atom stereocenters. The fourth-order valence-corrected chi connectivity index (χ4v) is 5.13. The van der Waals surface area contributed by atoms with Crippen LogP contribution in [-0.4, -0.2) is 41.8 Å². The van der Waals surface area contributed by atoms with E-state index in [2.05, 4.69) is 24.5 Å². The molecule has 205 valence electrons. The molecule has 1 saturated carbocycles. The number of amides is 3. The van der Waals surface area contributed by atoms with Gasteiger partial charge in [-0.3, -0.25) is 14.4 Å². The monoisotopic (exact) mass is 518 g/mol. The number of nitrogens with one attached hydrogen (secondary N) is 2. The third-order valence-corrected chi connectivity index (χ3v) is 7.15. The van der Waals surface area contributed by atoms with Crippen molar-refractivity contribution in [3.8, 4) is 0 Å². The van der Waals surface area contributed by atoms with Crippen LogP contribution in [0.2, 0.25) is 0 Å². The minimum Gasteiger partial charge on any atom is -0.353 e. The number of hydrogen-bond donors (Lipinski definition) is 2. The normalized spacial score (nSPS) is 14.6. The lowest BCUT2D eigenvalue weighted by atomic mass is 9.92. The lowest BCUT2D eigenvalue weighted by Crippen LogP contribution is -2.41. The summed E-state index contributed by atoms with van der Waals surface area (Å²) in [6.45, 7) is 7.42. The van der Waals surface area contributed by atoms with E-state index in [4.69, 9.17) is 0 Å². The summed E-state index contributed by atoms with van der Waals surface area (Å²) >= 11 is 0. The number of carbonyl (C=O) groups is 3. The summed E-state index contributed by atoms with van der Waals surface area (Å²) in [5.41, 5.74) is 2.03. The van der Waals surface area contributed by atoms with Crippen LogP contribution in [0.1, 0.15) is 98.4 Å². The second kappa shape index (κ2) is 15.3. The van der Waals surface area contributed by atoms with Crippen molar-refractivity contribution in [2.45, 2.75) is 84.6 Å². The lowest BCUT2D eigenvalue weighted by Gasteiger charge is -2.26. The van der Waals surface area contributed by atoms with Crippen LogP contribution in [0, 0.1) is 12.0 Å². The Hall–Kier alpha value is -3.15. The zero-order valence-corrected chi connectivity index (χ0v) is 23.3. The molecule has 2 aromatic carbocycles. The Morgan fingerprint density at radius 2 is 1.55 bits per heavy atom. The van der Waals surface area contributed by atoms with E-state index in [1.807, 2.05) is 42.2 Å². The largest absolute Gasteiger partial charge is 0.353 e. The molecule has 0 spiro atoms. The third kappa shape index (κ3) is 9.00. The van der Waals surface area contributed by atoms with Crippen molar-refractivity contribution in [1.29, 1.82) is 0 Å². The van der Waals surface area contributed by atoms with Gasteiger partial charge >= 0.3 is 0 Å². The minimum atomic E-state index is -0.263. The predicted molar refractivity (Wildman–Crippen MR) is 153 cm³/mol. The van der Waals surface area contributed by atoms with Gasteiger partial charge in [0.25, 0.3) is 11.8 Å². The average Bonchev–Trinajstić information content (AvgIpc) is 2.93. The Bertz CT molecular complexity index is 1030. The highest BCUT2D eigenvalue weighted by molar-refractivity contribution is 6.00. The molecule has 0 bridgehead atoms. The first-order valence-electron chi connectivity index (χ1n) is 14.3. The third-order valence-electron chi connectivity index (χ3n) is 7.15. The van der Waals surface area contributed by atoms with Gasteiger partial charge in [0.2, 0.25) is 5.91 Å². The van der Waals surface area contributed by atoms with Crippen LogP contribution >= 0.6 is 0 Å². The molecular weight excluding hydrogens is 474 g/mol. The van der Waals surface area contributed by atoms with Crippen LogP contribution in [0.4, 0.5) is 0 Å². The van der Waals surface area contributed by atoms with E-state index >= 15 is 0 Å². The molecule has 6 nitrogen and oxygen atoms in total. The van der Waals surface area contributed by atoms with E-state index in [1.54, 1.807) is 24.3 Å². The Balaban J connectivity index is 1.71. The maximum atomic E-state index is 13.4. The van der Waals surface area contributed by atoms with E-state index in [0.29, 0.717) is 37.1 Å². The van der Waals surface area contributed by atoms with Gasteiger partial charge in [-0.05, 0) is 62.3 Å². The fourth-order valence-electron chi connectivity index (χ4n) is 5.13. The van der Waals surface area contributed by atoms with Gasteiger partial charge in [-0.15, -0.1) is 0 Å². The fraction of sp³-hybridized carbons (Fsp3) is 0.500. The smallest absolute Gasteiger partial charge is 0.253 e. The van der Waals surface area contributed by atoms with Gasteiger partial charge in [0.05, 0.1) is 6.04 Å². The van der Waals surface area contributed by atoms with Gasteiger partial charge < -0.3 is 15.5 Å². The van der Waals surface area contributed by atoms with Gasteiger partial charge in [0, 0.05) is 36.2 Å². The minimum absolute atomic E-state index is 0.0382. The van der Waals surface area contributed by atoms with E-state index < -0.39 is 0 Å². The zero-order chi connectivity index (χ0) is 27.3. The number of rotatable bonds is 13. The Labute approximate surface area is 228 Å². The van der Waals surface area contributed by atoms with Crippen molar-refractivity contribution < 1.29 is 14.4 Å². The zero-order valence-electron chi connectivity index (χ0n) is 23.3. The molecule has 38 heavy (non-hydrogen) atoms. The summed E-state index contributed by atoms with van der Waals surface area (Å²) in [7, 11) is 0. The molecule has 1 aliphatic rings. The molecule has 1 atom stereocenters. The molecule has 2 aromatic rings. The summed E-state index contributed by atoms with van der Waals surface area (Å²) in [6, 6.07) is 17.9. The summed E-state index contributed by atoms with van der Waals surface area (Å²) in [5.74, 6) is -0.537. The van der Waals surface area contributed by atoms with Gasteiger partial charge in [0.15, 0.2) is 0 Å². The predicted octanol–water partition coefficient (Wildman–Crippen LogP) is 5.93. The molecule has 1 fully saturated rings. The van der Waals surface area contributed by atoms with Gasteiger partial charge in [-0.25, -0.2) is 0 Å². The van der Waals surface area contributed by atoms with E-state index in [9.17, 15) is 14.4 Å². The summed E-state index contributed by atoms with van der Waals surface area (Å²) < 4.78 is 0. The molecule has 0 saturated heterocycles. The first-order chi connectivity index (χ1) is 18.4. The molecule has 0 aromatic heterocycles. The van der Waals surface area contributed by atoms with E-state index in [1.165, 1.54) is 6.42 Å². The molecule has 3 amide bonds. The van der Waals surface area contributed by atoms with Gasteiger partial charge in [-0.1, -0.05) is 76.4 Å². The molecule has 2 N–H and O–H groups in total. The molecule has 0 heterocycles. The van der Waals surface area contributed by atoms with Crippen LogP contribution in [0.3, 0.4) is 0 Å². The number of benzene rings is 2. The van der Waals surface area contributed by atoms with E-state index in [-0.39, 0.29) is 29.7 Å². The Kier molecular flexibility index (Phi) is 11.8. The second-order valence-corrected chi connectivity index (χ2v) is 10.5. The van der Waals surface area contributed by atoms with Crippen LogP contribution in [0.15, 0.2) is 54.6 Å². The van der Waals surface area contributed by atoms with Gasteiger partial charge in [0.1, 0.15) is 0 Å². The number of hydrogen-bond acceptors (Lipinski definition) is 3.